The Morgan fingerprint density at radius 1 is 1.52 bits per heavy atom. The number of aliphatic hydroxyl groups is 2. The third-order valence-corrected chi connectivity index (χ3v) is 2.45. The molecular weight excluding hydrogens is 281 g/mol. The number of aromatic nitrogens is 1. The molecule has 1 rings (SSSR count). The van der Waals surface area contributed by atoms with E-state index >= 15 is 0 Å². The summed E-state index contributed by atoms with van der Waals surface area (Å²) in [6.07, 6.45) is -2.33. The van der Waals surface area contributed by atoms with E-state index in [-0.39, 0.29) is 17.9 Å². The lowest BCUT2D eigenvalue weighted by molar-refractivity contribution is 0.0126. The van der Waals surface area contributed by atoms with Crippen molar-refractivity contribution < 1.29 is 24.1 Å². The zero-order valence-corrected chi connectivity index (χ0v) is 12.1. The average molecular weight is 301 g/mol. The number of halogens is 1. The number of pyridine rings is 1. The van der Waals surface area contributed by atoms with Gasteiger partial charge in [0.2, 0.25) is 0 Å². The van der Waals surface area contributed by atoms with E-state index in [4.69, 9.17) is 10.5 Å². The fraction of sp³-hybridized carbons (Fsp3) is 0.538. The fourth-order valence-electron chi connectivity index (χ4n) is 1.46. The zero-order valence-electron chi connectivity index (χ0n) is 12.1. The van der Waals surface area contributed by atoms with Crippen LogP contribution in [-0.4, -0.2) is 39.5 Å². The lowest BCUT2D eigenvalue weighted by atomic mass is 10.1. The molecule has 0 aliphatic rings. The lowest BCUT2D eigenvalue weighted by Crippen LogP contribution is -2.38. The van der Waals surface area contributed by atoms with Gasteiger partial charge in [0, 0.05) is 18.3 Å². The monoisotopic (exact) mass is 301 g/mol. The Kier molecular flexibility index (Phi) is 5.45. The maximum atomic E-state index is 13.2. The van der Waals surface area contributed by atoms with Crippen molar-refractivity contribution in [2.75, 3.05) is 12.3 Å². The van der Waals surface area contributed by atoms with Crippen molar-refractivity contribution in [1.29, 1.82) is 0 Å². The summed E-state index contributed by atoms with van der Waals surface area (Å²) in [5, 5.41) is 21.9. The molecule has 1 aromatic heterocycles. The van der Waals surface area contributed by atoms with E-state index in [0.29, 0.717) is 0 Å². The number of nitrogens with one attached hydrogen (secondary N) is 1. The molecule has 7 nitrogen and oxygen atoms in total. The Labute approximate surface area is 121 Å². The molecule has 0 radical (unpaired) electrons. The van der Waals surface area contributed by atoms with Gasteiger partial charge in [-0.1, -0.05) is 0 Å². The van der Waals surface area contributed by atoms with Gasteiger partial charge in [0.1, 0.15) is 17.8 Å². The quantitative estimate of drug-likeness (QED) is 0.651. The number of nitrogen functional groups attached to an aromatic ring is 1. The maximum Gasteiger partial charge on any atom is 0.407 e. The molecule has 0 spiro atoms. The molecule has 0 aliphatic heterocycles. The highest BCUT2D eigenvalue weighted by atomic mass is 19.1. The summed E-state index contributed by atoms with van der Waals surface area (Å²) in [6.45, 7) is 4.82. The summed E-state index contributed by atoms with van der Waals surface area (Å²) < 4.78 is 18.2. The molecule has 2 atom stereocenters. The number of alkyl carbamates (subject to hydrolysis) is 1. The van der Waals surface area contributed by atoms with E-state index in [2.05, 4.69) is 10.3 Å². The number of nitrogens with two attached hydrogens (primary N) is 1. The van der Waals surface area contributed by atoms with Crippen LogP contribution < -0.4 is 11.1 Å². The predicted molar refractivity (Wildman–Crippen MR) is 73.8 cm³/mol. The van der Waals surface area contributed by atoms with Gasteiger partial charge in [-0.25, -0.2) is 14.2 Å². The number of rotatable bonds is 4. The zero-order chi connectivity index (χ0) is 16.2. The average Bonchev–Trinajstić information content (AvgIpc) is 2.36. The van der Waals surface area contributed by atoms with E-state index in [1.165, 1.54) is 0 Å². The molecule has 0 saturated heterocycles. The lowest BCUT2D eigenvalue weighted by Gasteiger charge is -2.22. The molecule has 0 aliphatic carbocycles. The molecule has 0 aromatic carbocycles. The van der Waals surface area contributed by atoms with Crippen LogP contribution in [0.2, 0.25) is 0 Å². The van der Waals surface area contributed by atoms with Crippen molar-refractivity contribution in [3.8, 4) is 0 Å². The van der Waals surface area contributed by atoms with E-state index in [9.17, 15) is 19.4 Å². The van der Waals surface area contributed by atoms with Crippen LogP contribution in [0.4, 0.5) is 15.0 Å². The number of nitrogens with zero attached hydrogens (tertiary/aromatic N) is 1. The first-order chi connectivity index (χ1) is 9.60. The van der Waals surface area contributed by atoms with Crippen molar-refractivity contribution >= 4 is 11.9 Å². The van der Waals surface area contributed by atoms with E-state index < -0.39 is 29.7 Å². The number of anilines is 1. The molecule has 1 heterocycles. The Bertz CT molecular complexity index is 505. The van der Waals surface area contributed by atoms with E-state index in [1.54, 1.807) is 20.8 Å². The number of ether oxygens (including phenoxy) is 1. The molecule has 0 fully saturated rings. The van der Waals surface area contributed by atoms with Crippen LogP contribution in [0, 0.1) is 5.82 Å². The molecule has 21 heavy (non-hydrogen) atoms. The summed E-state index contributed by atoms with van der Waals surface area (Å²) >= 11 is 0. The predicted octanol–water partition coefficient (Wildman–Crippen LogP) is 0.722. The van der Waals surface area contributed by atoms with Gasteiger partial charge in [0.15, 0.2) is 11.6 Å². The summed E-state index contributed by atoms with van der Waals surface area (Å²) in [5.74, 6) is -1.09. The first kappa shape index (κ1) is 17.1. The molecule has 1 aromatic rings. The number of aliphatic hydroxyl groups excluding tert-OH is 2. The fourth-order valence-corrected chi connectivity index (χ4v) is 1.46. The van der Waals surface area contributed by atoms with Crippen LogP contribution >= 0.6 is 0 Å². The van der Waals surface area contributed by atoms with Crippen LogP contribution in [-0.2, 0) is 4.74 Å². The minimum absolute atomic E-state index is 0.0557. The SMILES string of the molecule is CC(C)(C)OC(=O)NCC(O)C(O)c1cnc(N)c(F)c1. The number of amides is 1. The Morgan fingerprint density at radius 3 is 2.67 bits per heavy atom. The second-order valence-corrected chi connectivity index (χ2v) is 5.53. The van der Waals surface area contributed by atoms with Gasteiger partial charge in [0.05, 0.1) is 0 Å². The highest BCUT2D eigenvalue weighted by Crippen LogP contribution is 2.19. The minimum atomic E-state index is -1.41. The van der Waals surface area contributed by atoms with Crippen molar-refractivity contribution in [3.05, 3.63) is 23.6 Å². The van der Waals surface area contributed by atoms with Crippen LogP contribution in [0.3, 0.4) is 0 Å². The Hall–Kier alpha value is -1.93. The van der Waals surface area contributed by atoms with Crippen LogP contribution in [0.1, 0.15) is 32.4 Å². The number of hydrogen-bond donors (Lipinski definition) is 4. The number of carbonyl (C=O) groups is 1. The first-order valence-electron chi connectivity index (χ1n) is 6.34. The van der Waals surface area contributed by atoms with Crippen LogP contribution in [0.15, 0.2) is 12.3 Å². The van der Waals surface area contributed by atoms with Crippen molar-refractivity contribution in [2.45, 2.75) is 38.6 Å². The number of carbonyl (C=O) groups excluding carboxylic acids is 1. The smallest absolute Gasteiger partial charge is 0.407 e. The van der Waals surface area contributed by atoms with E-state index in [0.717, 1.165) is 12.3 Å². The largest absolute Gasteiger partial charge is 0.444 e. The molecule has 1 amide bonds. The van der Waals surface area contributed by atoms with Crippen LogP contribution in [0.5, 0.6) is 0 Å². The summed E-state index contributed by atoms with van der Waals surface area (Å²) in [5.41, 5.74) is 4.61. The van der Waals surface area contributed by atoms with Gasteiger partial charge in [-0.05, 0) is 26.8 Å². The van der Waals surface area contributed by atoms with Gasteiger partial charge < -0.3 is 26.0 Å². The summed E-state index contributed by atoms with van der Waals surface area (Å²) in [7, 11) is 0. The molecule has 2 unspecified atom stereocenters. The third-order valence-electron chi connectivity index (χ3n) is 2.45. The highest BCUT2D eigenvalue weighted by molar-refractivity contribution is 5.67. The summed E-state index contributed by atoms with van der Waals surface area (Å²) in [6, 6.07) is 0.976. The van der Waals surface area contributed by atoms with E-state index in [1.807, 2.05) is 0 Å². The highest BCUT2D eigenvalue weighted by Gasteiger charge is 2.22. The van der Waals surface area contributed by atoms with Gasteiger partial charge in [-0.15, -0.1) is 0 Å². The Balaban J connectivity index is 2.56. The van der Waals surface area contributed by atoms with Crippen LogP contribution in [0.25, 0.3) is 0 Å². The van der Waals surface area contributed by atoms with Gasteiger partial charge in [0.25, 0.3) is 0 Å². The normalized spacial score (nSPS) is 14.4. The second-order valence-electron chi connectivity index (χ2n) is 5.53. The van der Waals surface area contributed by atoms with Crippen molar-refractivity contribution in [1.82, 2.24) is 10.3 Å². The van der Waals surface area contributed by atoms with Gasteiger partial charge in [-0.3, -0.25) is 0 Å². The maximum absolute atomic E-state index is 13.2. The topological polar surface area (TPSA) is 118 Å². The first-order valence-corrected chi connectivity index (χ1v) is 6.34. The summed E-state index contributed by atoms with van der Waals surface area (Å²) in [4.78, 5) is 15.0. The molecule has 5 N–H and O–H groups in total. The molecule has 8 heteroatoms. The number of hydrogen-bond acceptors (Lipinski definition) is 6. The van der Waals surface area contributed by atoms with Gasteiger partial charge in [-0.2, -0.15) is 0 Å². The molecule has 0 bridgehead atoms. The van der Waals surface area contributed by atoms with Crippen molar-refractivity contribution in [2.24, 2.45) is 0 Å². The second kappa shape index (κ2) is 6.68. The standard InChI is InChI=1S/C13H20FN3O4/c1-13(2,3)21-12(20)17-6-9(18)10(19)7-4-8(14)11(15)16-5-7/h4-5,9-10,18-19H,6H2,1-3H3,(H2,15,16)(H,17,20). The minimum Gasteiger partial charge on any atom is -0.444 e. The van der Waals surface area contributed by atoms with Crippen molar-refractivity contribution in [3.63, 3.8) is 0 Å². The van der Waals surface area contributed by atoms with Gasteiger partial charge >= 0.3 is 6.09 Å². The molecule has 118 valence electrons. The Morgan fingerprint density at radius 2 is 2.14 bits per heavy atom. The third kappa shape index (κ3) is 5.52. The molecule has 0 saturated carbocycles. The molecular formula is C13H20FN3O4.